The molecule has 1 aromatic rings. The summed E-state index contributed by atoms with van der Waals surface area (Å²) in [5.41, 5.74) is 11.6. The average molecular weight is 230 g/mol. The van der Waals surface area contributed by atoms with Gasteiger partial charge in [0.05, 0.1) is 16.6 Å². The Morgan fingerprint density at radius 2 is 2.12 bits per heavy atom. The van der Waals surface area contributed by atoms with Crippen LogP contribution in [0, 0.1) is 21.4 Å². The van der Waals surface area contributed by atoms with Crippen molar-refractivity contribution in [3.05, 3.63) is 57.9 Å². The highest BCUT2D eigenvalue weighted by atomic mass is 16.6. The maximum atomic E-state index is 10.7. The third-order valence-corrected chi connectivity index (χ3v) is 2.05. The Hall–Kier alpha value is -2.81. The zero-order valence-corrected chi connectivity index (χ0v) is 8.83. The number of rotatable bonds is 3. The van der Waals surface area contributed by atoms with Crippen molar-refractivity contribution in [2.24, 2.45) is 11.5 Å². The average Bonchev–Trinajstić information content (AvgIpc) is 2.35. The van der Waals surface area contributed by atoms with E-state index in [4.69, 9.17) is 16.7 Å². The largest absolute Gasteiger partial charge is 0.405 e. The molecule has 0 aliphatic carbocycles. The van der Waals surface area contributed by atoms with E-state index in [9.17, 15) is 10.1 Å². The second-order valence-electron chi connectivity index (χ2n) is 3.12. The summed E-state index contributed by atoms with van der Waals surface area (Å²) < 4.78 is 0. The van der Waals surface area contributed by atoms with Crippen LogP contribution in [-0.2, 0) is 0 Å². The maximum Gasteiger partial charge on any atom is 0.271 e. The highest BCUT2D eigenvalue weighted by molar-refractivity contribution is 5.75. The molecule has 17 heavy (non-hydrogen) atoms. The number of hydrogen-bond acceptors (Lipinski definition) is 5. The van der Waals surface area contributed by atoms with Gasteiger partial charge in [-0.05, 0) is 29.5 Å². The zero-order chi connectivity index (χ0) is 12.8. The van der Waals surface area contributed by atoms with Gasteiger partial charge >= 0.3 is 0 Å². The van der Waals surface area contributed by atoms with Gasteiger partial charge in [-0.2, -0.15) is 5.26 Å². The molecule has 0 fully saturated rings. The molecule has 0 bridgehead atoms. The van der Waals surface area contributed by atoms with Crippen LogP contribution < -0.4 is 11.5 Å². The molecular formula is C11H10N4O2. The quantitative estimate of drug-likeness (QED) is 0.460. The Balaban J connectivity index is 3.39. The molecule has 0 unspecified atom stereocenters. The monoisotopic (exact) mass is 230 g/mol. The van der Waals surface area contributed by atoms with E-state index in [0.29, 0.717) is 11.1 Å². The van der Waals surface area contributed by atoms with Gasteiger partial charge in [-0.15, -0.1) is 0 Å². The molecule has 0 spiro atoms. The molecule has 4 N–H and O–H groups in total. The lowest BCUT2D eigenvalue weighted by Gasteiger charge is -2.02. The molecule has 0 aromatic heterocycles. The Labute approximate surface area is 97.6 Å². The van der Waals surface area contributed by atoms with Crippen LogP contribution in [0.25, 0.3) is 5.57 Å². The van der Waals surface area contributed by atoms with E-state index in [0.717, 1.165) is 0 Å². The first-order valence-corrected chi connectivity index (χ1v) is 4.62. The molecule has 0 aliphatic heterocycles. The summed E-state index contributed by atoms with van der Waals surface area (Å²) in [5, 5.41) is 19.5. The molecule has 0 atom stereocenters. The fraction of sp³-hybridized carbons (Fsp3) is 0. The van der Waals surface area contributed by atoms with Crippen molar-refractivity contribution in [2.45, 2.75) is 0 Å². The second kappa shape index (κ2) is 5.32. The Morgan fingerprint density at radius 1 is 1.41 bits per heavy atom. The Morgan fingerprint density at radius 3 is 2.59 bits per heavy atom. The third-order valence-electron chi connectivity index (χ3n) is 2.05. The molecule has 1 rings (SSSR count). The summed E-state index contributed by atoms with van der Waals surface area (Å²) in [7, 11) is 0. The van der Waals surface area contributed by atoms with Crippen LogP contribution in [0.15, 0.2) is 36.7 Å². The second-order valence-corrected chi connectivity index (χ2v) is 3.12. The van der Waals surface area contributed by atoms with E-state index in [1.165, 1.54) is 36.7 Å². The SMILES string of the molecule is N#Cc1cc(C(/C=C\N)=C/N)cc([N+](=O)[O-])c1. The highest BCUT2D eigenvalue weighted by Gasteiger charge is 2.11. The molecule has 0 heterocycles. The van der Waals surface area contributed by atoms with Gasteiger partial charge in [0.1, 0.15) is 0 Å². The number of allylic oxidation sites excluding steroid dienone is 2. The molecular weight excluding hydrogens is 220 g/mol. The summed E-state index contributed by atoms with van der Waals surface area (Å²) >= 11 is 0. The van der Waals surface area contributed by atoms with Gasteiger partial charge in [0.25, 0.3) is 5.69 Å². The van der Waals surface area contributed by atoms with E-state index >= 15 is 0 Å². The van der Waals surface area contributed by atoms with Gasteiger partial charge < -0.3 is 11.5 Å². The van der Waals surface area contributed by atoms with Gasteiger partial charge in [-0.3, -0.25) is 10.1 Å². The fourth-order valence-corrected chi connectivity index (χ4v) is 1.30. The molecule has 0 saturated carbocycles. The van der Waals surface area contributed by atoms with Crippen molar-refractivity contribution < 1.29 is 4.92 Å². The number of hydrogen-bond donors (Lipinski definition) is 2. The van der Waals surface area contributed by atoms with Crippen LogP contribution in [0.4, 0.5) is 5.69 Å². The lowest BCUT2D eigenvalue weighted by atomic mass is 10.0. The standard InChI is InChI=1S/C11H10N4O2/c12-2-1-9(7-14)10-3-8(6-13)4-11(5-10)15(16)17/h1-5,7H,12,14H2/b2-1-,9-7+. The summed E-state index contributed by atoms with van der Waals surface area (Å²) in [6.07, 6.45) is 4.04. The predicted octanol–water partition coefficient (Wildman–Crippen LogP) is 1.24. The zero-order valence-electron chi connectivity index (χ0n) is 8.83. The Kier molecular flexibility index (Phi) is 3.84. The third kappa shape index (κ3) is 2.82. The van der Waals surface area contributed by atoms with Crippen molar-refractivity contribution in [3.8, 4) is 6.07 Å². The van der Waals surface area contributed by atoms with Crippen molar-refractivity contribution in [1.29, 1.82) is 5.26 Å². The number of nitro benzene ring substituents is 1. The van der Waals surface area contributed by atoms with Crippen LogP contribution in [0.5, 0.6) is 0 Å². The summed E-state index contributed by atoms with van der Waals surface area (Å²) in [6, 6.07) is 5.89. The van der Waals surface area contributed by atoms with Crippen molar-refractivity contribution in [2.75, 3.05) is 0 Å². The number of benzene rings is 1. The van der Waals surface area contributed by atoms with E-state index in [-0.39, 0.29) is 11.3 Å². The number of nitrogens with two attached hydrogens (primary N) is 2. The first-order valence-electron chi connectivity index (χ1n) is 4.62. The Bertz CT molecular complexity index is 541. The molecule has 6 nitrogen and oxygen atoms in total. The topological polar surface area (TPSA) is 119 Å². The minimum absolute atomic E-state index is 0.163. The van der Waals surface area contributed by atoms with Gasteiger partial charge in [-0.1, -0.05) is 0 Å². The molecule has 6 heteroatoms. The van der Waals surface area contributed by atoms with Gasteiger partial charge in [0, 0.05) is 18.3 Å². The normalized spacial score (nSPS) is 11.4. The number of non-ortho nitro benzene ring substituents is 1. The van der Waals surface area contributed by atoms with Crippen molar-refractivity contribution in [1.82, 2.24) is 0 Å². The van der Waals surface area contributed by atoms with Crippen molar-refractivity contribution >= 4 is 11.3 Å². The highest BCUT2D eigenvalue weighted by Crippen LogP contribution is 2.22. The van der Waals surface area contributed by atoms with Crippen LogP contribution in [-0.4, -0.2) is 4.92 Å². The van der Waals surface area contributed by atoms with Crippen LogP contribution in [0.3, 0.4) is 0 Å². The number of nitriles is 1. The van der Waals surface area contributed by atoms with Gasteiger partial charge in [0.15, 0.2) is 0 Å². The lowest BCUT2D eigenvalue weighted by Crippen LogP contribution is -1.94. The van der Waals surface area contributed by atoms with Gasteiger partial charge in [0.2, 0.25) is 0 Å². The van der Waals surface area contributed by atoms with E-state index in [1.807, 2.05) is 6.07 Å². The molecule has 0 saturated heterocycles. The summed E-state index contributed by atoms with van der Waals surface area (Å²) in [4.78, 5) is 10.1. The predicted molar refractivity (Wildman–Crippen MR) is 63.3 cm³/mol. The smallest absolute Gasteiger partial charge is 0.271 e. The molecule has 0 aliphatic rings. The first-order chi connectivity index (χ1) is 8.12. The molecule has 1 aromatic carbocycles. The van der Waals surface area contributed by atoms with Gasteiger partial charge in [-0.25, -0.2) is 0 Å². The maximum absolute atomic E-state index is 10.7. The summed E-state index contributed by atoms with van der Waals surface area (Å²) in [6.45, 7) is 0. The molecule has 0 radical (unpaired) electrons. The first kappa shape index (κ1) is 12.3. The fourth-order valence-electron chi connectivity index (χ4n) is 1.30. The molecule has 0 amide bonds. The minimum atomic E-state index is -0.565. The van der Waals surface area contributed by atoms with Crippen molar-refractivity contribution in [3.63, 3.8) is 0 Å². The minimum Gasteiger partial charge on any atom is -0.405 e. The number of nitrogens with zero attached hydrogens (tertiary/aromatic N) is 2. The summed E-state index contributed by atoms with van der Waals surface area (Å²) in [5.74, 6) is 0. The number of nitro groups is 1. The van der Waals surface area contributed by atoms with Crippen LogP contribution >= 0.6 is 0 Å². The van der Waals surface area contributed by atoms with Crippen LogP contribution in [0.1, 0.15) is 11.1 Å². The van der Waals surface area contributed by atoms with E-state index in [2.05, 4.69) is 0 Å². The van der Waals surface area contributed by atoms with E-state index in [1.54, 1.807) is 0 Å². The van der Waals surface area contributed by atoms with Crippen LogP contribution in [0.2, 0.25) is 0 Å². The van der Waals surface area contributed by atoms with E-state index < -0.39 is 4.92 Å². The lowest BCUT2D eigenvalue weighted by molar-refractivity contribution is -0.384. The molecule has 86 valence electrons.